The van der Waals surface area contributed by atoms with Gasteiger partial charge in [-0.1, -0.05) is 5.16 Å². The van der Waals surface area contributed by atoms with Crippen molar-refractivity contribution in [2.24, 2.45) is 0 Å². The van der Waals surface area contributed by atoms with Gasteiger partial charge < -0.3 is 4.52 Å². The quantitative estimate of drug-likeness (QED) is 0.817. The first kappa shape index (κ1) is 14.2. The van der Waals surface area contributed by atoms with E-state index in [-0.39, 0.29) is 12.5 Å². The summed E-state index contributed by atoms with van der Waals surface area (Å²) in [7, 11) is 0. The van der Waals surface area contributed by atoms with Crippen LogP contribution in [0, 0.1) is 12.7 Å². The number of nitrogens with zero attached hydrogens (tertiary/aromatic N) is 3. The average Bonchev–Trinajstić information content (AvgIpc) is 2.98. The van der Waals surface area contributed by atoms with Gasteiger partial charge in [-0.05, 0) is 38.1 Å². The van der Waals surface area contributed by atoms with Gasteiger partial charge in [0.25, 0.3) is 5.91 Å². The smallest absolute Gasteiger partial charge is 0.332 e. The van der Waals surface area contributed by atoms with E-state index >= 15 is 0 Å². The predicted molar refractivity (Wildman–Crippen MR) is 75.5 cm³/mol. The Kier molecular flexibility index (Phi) is 3.40. The molecule has 3 rings (SSSR count). The number of urea groups is 1. The molecule has 0 aliphatic carbocycles. The molecular weight excluding hydrogens is 289 g/mol. The summed E-state index contributed by atoms with van der Waals surface area (Å²) in [6.45, 7) is 3.42. The zero-order valence-corrected chi connectivity index (χ0v) is 12.1. The molecule has 114 valence electrons. The molecule has 3 amide bonds. The number of hydrogen-bond acceptors (Lipinski definition) is 4. The van der Waals surface area contributed by atoms with Crippen LogP contribution >= 0.6 is 0 Å². The molecular formula is C15H14FN3O3. The number of aryl methyl sites for hydroxylation is 1. The second-order valence-electron chi connectivity index (χ2n) is 5.16. The van der Waals surface area contributed by atoms with Crippen molar-refractivity contribution in [1.29, 1.82) is 0 Å². The largest absolute Gasteiger partial charge is 0.359 e. The number of rotatable bonds is 3. The molecule has 2 aromatic rings. The number of benzene rings is 1. The highest BCUT2D eigenvalue weighted by Gasteiger charge is 2.43. The Bertz CT molecular complexity index is 726. The maximum Gasteiger partial charge on any atom is 0.332 e. The molecule has 0 N–H and O–H groups in total. The van der Waals surface area contributed by atoms with Gasteiger partial charge >= 0.3 is 6.03 Å². The SMILES string of the molecule is Cc1cc(CN2C(=O)[C@@H](C)N(c3ccc(F)cc3)C2=O)on1. The number of imide groups is 1. The number of aromatic nitrogens is 1. The van der Waals surface area contributed by atoms with Gasteiger partial charge in [0.2, 0.25) is 0 Å². The van der Waals surface area contributed by atoms with Crippen molar-refractivity contribution in [1.82, 2.24) is 10.1 Å². The molecule has 1 saturated heterocycles. The Morgan fingerprint density at radius 2 is 1.95 bits per heavy atom. The van der Waals surface area contributed by atoms with Crippen LogP contribution in [0.5, 0.6) is 0 Å². The standard InChI is InChI=1S/C15H14FN3O3/c1-9-7-13(22-17-9)8-18-14(20)10(2)19(15(18)21)12-5-3-11(16)4-6-12/h3-7,10H,8H2,1-2H3/t10-/m1/s1. The Morgan fingerprint density at radius 1 is 1.27 bits per heavy atom. The fraction of sp³-hybridized carbons (Fsp3) is 0.267. The van der Waals surface area contributed by atoms with Gasteiger partial charge in [0, 0.05) is 11.8 Å². The summed E-state index contributed by atoms with van der Waals surface area (Å²) < 4.78 is 18.1. The Balaban J connectivity index is 1.87. The summed E-state index contributed by atoms with van der Waals surface area (Å²) in [4.78, 5) is 27.2. The zero-order valence-electron chi connectivity index (χ0n) is 12.1. The maximum absolute atomic E-state index is 13.0. The normalized spacial score (nSPS) is 18.4. The molecule has 22 heavy (non-hydrogen) atoms. The van der Waals surface area contributed by atoms with E-state index in [1.807, 2.05) is 0 Å². The van der Waals surface area contributed by atoms with Crippen LogP contribution in [0.25, 0.3) is 0 Å². The van der Waals surface area contributed by atoms with Crippen LogP contribution in [-0.4, -0.2) is 28.0 Å². The predicted octanol–water partition coefficient (Wildman–Crippen LogP) is 2.48. The van der Waals surface area contributed by atoms with Crippen LogP contribution in [-0.2, 0) is 11.3 Å². The monoisotopic (exact) mass is 303 g/mol. The molecule has 0 spiro atoms. The second-order valence-corrected chi connectivity index (χ2v) is 5.16. The van der Waals surface area contributed by atoms with Crippen LogP contribution < -0.4 is 4.90 Å². The van der Waals surface area contributed by atoms with Crippen molar-refractivity contribution in [2.45, 2.75) is 26.4 Å². The zero-order chi connectivity index (χ0) is 15.9. The third kappa shape index (κ3) is 2.34. The summed E-state index contributed by atoms with van der Waals surface area (Å²) in [5.74, 6) is -0.292. The van der Waals surface area contributed by atoms with Crippen LogP contribution in [0.15, 0.2) is 34.9 Å². The molecule has 1 aromatic heterocycles. The number of amides is 3. The summed E-state index contributed by atoms with van der Waals surface area (Å²) in [6, 6.07) is 6.01. The van der Waals surface area contributed by atoms with Gasteiger partial charge in [-0.3, -0.25) is 14.6 Å². The third-order valence-electron chi connectivity index (χ3n) is 3.54. The molecule has 6 nitrogen and oxygen atoms in total. The van der Waals surface area contributed by atoms with Gasteiger partial charge in [-0.15, -0.1) is 0 Å². The van der Waals surface area contributed by atoms with Crippen molar-refractivity contribution in [3.63, 3.8) is 0 Å². The number of anilines is 1. The van der Waals surface area contributed by atoms with E-state index in [4.69, 9.17) is 4.52 Å². The van der Waals surface area contributed by atoms with E-state index in [2.05, 4.69) is 5.16 Å². The molecule has 7 heteroatoms. The number of carbonyl (C=O) groups excluding carboxylic acids is 2. The lowest BCUT2D eigenvalue weighted by Gasteiger charge is -2.19. The first-order valence-corrected chi connectivity index (χ1v) is 6.79. The molecule has 0 unspecified atom stereocenters. The average molecular weight is 303 g/mol. The third-order valence-corrected chi connectivity index (χ3v) is 3.54. The minimum Gasteiger partial charge on any atom is -0.359 e. The minimum absolute atomic E-state index is 0.0283. The Labute approximate surface area is 126 Å². The van der Waals surface area contributed by atoms with Crippen molar-refractivity contribution in [3.8, 4) is 0 Å². The van der Waals surface area contributed by atoms with Gasteiger partial charge in [-0.2, -0.15) is 0 Å². The summed E-state index contributed by atoms with van der Waals surface area (Å²) in [6.07, 6.45) is 0. The summed E-state index contributed by atoms with van der Waals surface area (Å²) in [5.41, 5.74) is 1.15. The highest BCUT2D eigenvalue weighted by molar-refractivity contribution is 6.13. The van der Waals surface area contributed by atoms with Crippen molar-refractivity contribution >= 4 is 17.6 Å². The van der Waals surface area contributed by atoms with Crippen LogP contribution in [0.4, 0.5) is 14.9 Å². The second kappa shape index (κ2) is 5.25. The van der Waals surface area contributed by atoms with E-state index in [1.165, 1.54) is 29.2 Å². The van der Waals surface area contributed by atoms with E-state index in [9.17, 15) is 14.0 Å². The van der Waals surface area contributed by atoms with E-state index in [1.54, 1.807) is 19.9 Å². The lowest BCUT2D eigenvalue weighted by molar-refractivity contribution is -0.127. The van der Waals surface area contributed by atoms with E-state index in [0.717, 1.165) is 4.90 Å². The highest BCUT2D eigenvalue weighted by Crippen LogP contribution is 2.27. The van der Waals surface area contributed by atoms with Gasteiger partial charge in [-0.25, -0.2) is 9.18 Å². The molecule has 1 aliphatic heterocycles. The first-order chi connectivity index (χ1) is 10.5. The number of hydrogen-bond donors (Lipinski definition) is 0. The number of halogens is 1. The van der Waals surface area contributed by atoms with Crippen LogP contribution in [0.2, 0.25) is 0 Å². The molecule has 1 fully saturated rings. The van der Waals surface area contributed by atoms with Crippen molar-refractivity contribution in [2.75, 3.05) is 4.90 Å². The first-order valence-electron chi connectivity index (χ1n) is 6.79. The van der Waals surface area contributed by atoms with Gasteiger partial charge in [0.1, 0.15) is 11.9 Å². The topological polar surface area (TPSA) is 66.7 Å². The molecule has 1 aliphatic rings. The van der Waals surface area contributed by atoms with Crippen LogP contribution in [0.3, 0.4) is 0 Å². The Morgan fingerprint density at radius 3 is 2.55 bits per heavy atom. The number of carbonyl (C=O) groups is 2. The highest BCUT2D eigenvalue weighted by atomic mass is 19.1. The molecule has 0 radical (unpaired) electrons. The van der Waals surface area contributed by atoms with Crippen molar-refractivity contribution < 1.29 is 18.5 Å². The van der Waals surface area contributed by atoms with Crippen molar-refractivity contribution in [3.05, 3.63) is 47.6 Å². The fourth-order valence-corrected chi connectivity index (χ4v) is 2.45. The lowest BCUT2D eigenvalue weighted by atomic mass is 10.2. The molecule has 0 bridgehead atoms. The Hall–Kier alpha value is -2.70. The molecule has 1 atom stereocenters. The minimum atomic E-state index is -0.651. The summed E-state index contributed by atoms with van der Waals surface area (Å²) in [5, 5.41) is 3.74. The van der Waals surface area contributed by atoms with E-state index in [0.29, 0.717) is 17.1 Å². The van der Waals surface area contributed by atoms with Gasteiger partial charge in [0.15, 0.2) is 5.76 Å². The van der Waals surface area contributed by atoms with E-state index < -0.39 is 17.9 Å². The molecule has 1 aromatic carbocycles. The lowest BCUT2D eigenvalue weighted by Crippen LogP contribution is -2.33. The van der Waals surface area contributed by atoms with Crippen LogP contribution in [0.1, 0.15) is 18.4 Å². The van der Waals surface area contributed by atoms with Gasteiger partial charge in [0.05, 0.1) is 12.2 Å². The molecule has 0 saturated carbocycles. The maximum atomic E-state index is 13.0. The summed E-state index contributed by atoms with van der Waals surface area (Å²) >= 11 is 0. The molecule has 2 heterocycles. The fourth-order valence-electron chi connectivity index (χ4n) is 2.45.